The summed E-state index contributed by atoms with van der Waals surface area (Å²) in [5.74, 6) is 0.642. The first-order valence-corrected chi connectivity index (χ1v) is 7.47. The van der Waals surface area contributed by atoms with Gasteiger partial charge in [-0.2, -0.15) is 0 Å². The summed E-state index contributed by atoms with van der Waals surface area (Å²) in [4.78, 5) is 0. The zero-order chi connectivity index (χ0) is 11.1. The molecule has 0 saturated carbocycles. The van der Waals surface area contributed by atoms with Crippen molar-refractivity contribution < 1.29 is 8.42 Å². The van der Waals surface area contributed by atoms with E-state index in [9.17, 15) is 8.42 Å². The Bertz CT molecular complexity index is 259. The molecule has 2 N–H and O–H groups in total. The van der Waals surface area contributed by atoms with Gasteiger partial charge in [0.1, 0.15) is 0 Å². The maximum Gasteiger partial charge on any atom is 0.211 e. The second-order valence-corrected chi connectivity index (χ2v) is 6.07. The quantitative estimate of drug-likeness (QED) is 0.665. The third kappa shape index (κ3) is 5.49. The lowest BCUT2D eigenvalue weighted by Crippen LogP contribution is -2.35. The third-order valence-corrected chi connectivity index (χ3v) is 4.32. The summed E-state index contributed by atoms with van der Waals surface area (Å²) in [6.45, 7) is 4.55. The summed E-state index contributed by atoms with van der Waals surface area (Å²) in [6.07, 6.45) is 3.91. The van der Waals surface area contributed by atoms with Crippen LogP contribution in [0.3, 0.4) is 0 Å². The van der Waals surface area contributed by atoms with Crippen molar-refractivity contribution in [3.8, 4) is 0 Å². The molecule has 0 aromatic rings. The molecule has 1 aliphatic heterocycles. The van der Waals surface area contributed by atoms with Crippen LogP contribution in [0.5, 0.6) is 0 Å². The highest BCUT2D eigenvalue weighted by molar-refractivity contribution is 7.89. The van der Waals surface area contributed by atoms with E-state index in [4.69, 9.17) is 0 Å². The van der Waals surface area contributed by atoms with Gasteiger partial charge in [0.25, 0.3) is 0 Å². The molecule has 0 unspecified atom stereocenters. The highest BCUT2D eigenvalue weighted by Crippen LogP contribution is 2.13. The van der Waals surface area contributed by atoms with E-state index >= 15 is 0 Å². The molecule has 1 saturated heterocycles. The van der Waals surface area contributed by atoms with Crippen LogP contribution in [0.15, 0.2) is 0 Å². The lowest BCUT2D eigenvalue weighted by molar-refractivity contribution is 0.400. The summed E-state index contributed by atoms with van der Waals surface area (Å²) in [6, 6.07) is 0. The molecule has 1 heterocycles. The number of rotatable bonds is 6. The minimum atomic E-state index is -3.03. The maximum absolute atomic E-state index is 11.6. The molecule has 0 aromatic carbocycles. The van der Waals surface area contributed by atoms with Crippen LogP contribution in [0.25, 0.3) is 0 Å². The van der Waals surface area contributed by atoms with Crippen LogP contribution in [0.1, 0.15) is 32.6 Å². The largest absolute Gasteiger partial charge is 0.317 e. The van der Waals surface area contributed by atoms with E-state index in [1.54, 1.807) is 0 Å². The van der Waals surface area contributed by atoms with Gasteiger partial charge in [-0.1, -0.05) is 13.3 Å². The van der Waals surface area contributed by atoms with Gasteiger partial charge in [0, 0.05) is 6.54 Å². The molecule has 90 valence electrons. The molecule has 0 spiro atoms. The average Bonchev–Trinajstić information content (AvgIpc) is 2.18. The molecule has 0 radical (unpaired) electrons. The first kappa shape index (κ1) is 12.9. The van der Waals surface area contributed by atoms with Gasteiger partial charge in [0.05, 0.1) is 5.75 Å². The van der Waals surface area contributed by atoms with Gasteiger partial charge in [-0.3, -0.25) is 0 Å². The molecule has 0 aliphatic carbocycles. The van der Waals surface area contributed by atoms with Crippen molar-refractivity contribution in [1.29, 1.82) is 0 Å². The fourth-order valence-electron chi connectivity index (χ4n) is 1.82. The van der Waals surface area contributed by atoms with Gasteiger partial charge >= 0.3 is 0 Å². The van der Waals surface area contributed by atoms with Gasteiger partial charge in [-0.05, 0) is 38.3 Å². The second-order valence-electron chi connectivity index (χ2n) is 4.22. The van der Waals surface area contributed by atoms with Crippen molar-refractivity contribution in [2.75, 3.05) is 25.4 Å². The van der Waals surface area contributed by atoms with Crippen molar-refractivity contribution in [3.05, 3.63) is 0 Å². The molecule has 0 atom stereocenters. The van der Waals surface area contributed by atoms with Crippen molar-refractivity contribution in [1.82, 2.24) is 10.0 Å². The molecule has 1 rings (SSSR count). The third-order valence-electron chi connectivity index (χ3n) is 2.77. The number of hydrogen-bond donors (Lipinski definition) is 2. The molecule has 15 heavy (non-hydrogen) atoms. The minimum absolute atomic E-state index is 0.304. The second kappa shape index (κ2) is 6.45. The zero-order valence-electron chi connectivity index (χ0n) is 9.46. The Labute approximate surface area is 92.9 Å². The Hall–Kier alpha value is -0.130. The number of nitrogens with one attached hydrogen (secondary N) is 2. The molecule has 1 aliphatic rings. The van der Waals surface area contributed by atoms with E-state index < -0.39 is 10.0 Å². The van der Waals surface area contributed by atoms with Crippen LogP contribution >= 0.6 is 0 Å². The normalized spacial score (nSPS) is 19.3. The SMILES string of the molecule is CCCCNS(=O)(=O)CC1CCNCC1. The summed E-state index contributed by atoms with van der Waals surface area (Å²) in [5, 5.41) is 3.24. The molecule has 0 bridgehead atoms. The Morgan fingerprint density at radius 1 is 1.33 bits per heavy atom. The summed E-state index contributed by atoms with van der Waals surface area (Å²) in [7, 11) is -3.03. The minimum Gasteiger partial charge on any atom is -0.317 e. The van der Waals surface area contributed by atoms with Gasteiger partial charge in [-0.25, -0.2) is 13.1 Å². The molecule has 4 nitrogen and oxygen atoms in total. The molecular weight excluding hydrogens is 212 g/mol. The standard InChI is InChI=1S/C10H22N2O2S/c1-2-3-6-12-15(13,14)9-10-4-7-11-8-5-10/h10-12H,2-9H2,1H3. The highest BCUT2D eigenvalue weighted by Gasteiger charge is 2.20. The first-order valence-electron chi connectivity index (χ1n) is 5.82. The van der Waals surface area contributed by atoms with E-state index in [0.29, 0.717) is 18.2 Å². The molecule has 0 aromatic heterocycles. The van der Waals surface area contributed by atoms with Gasteiger partial charge in [-0.15, -0.1) is 0 Å². The van der Waals surface area contributed by atoms with Crippen LogP contribution in [0.4, 0.5) is 0 Å². The number of unbranched alkanes of at least 4 members (excludes halogenated alkanes) is 1. The highest BCUT2D eigenvalue weighted by atomic mass is 32.2. The van der Waals surface area contributed by atoms with Crippen molar-refractivity contribution in [3.63, 3.8) is 0 Å². The van der Waals surface area contributed by atoms with Crippen LogP contribution < -0.4 is 10.0 Å². The molecule has 5 heteroatoms. The number of piperidine rings is 1. The smallest absolute Gasteiger partial charge is 0.211 e. The van der Waals surface area contributed by atoms with E-state index in [1.807, 2.05) is 0 Å². The zero-order valence-corrected chi connectivity index (χ0v) is 10.3. The number of hydrogen-bond acceptors (Lipinski definition) is 3. The molecule has 0 amide bonds. The fraction of sp³-hybridized carbons (Fsp3) is 1.00. The van der Waals surface area contributed by atoms with Crippen LogP contribution in [-0.4, -0.2) is 33.8 Å². The summed E-state index contributed by atoms with van der Waals surface area (Å²) >= 11 is 0. The van der Waals surface area contributed by atoms with Crippen molar-refractivity contribution in [2.24, 2.45) is 5.92 Å². The maximum atomic E-state index is 11.6. The predicted molar refractivity (Wildman–Crippen MR) is 62.3 cm³/mol. The van der Waals surface area contributed by atoms with Crippen LogP contribution in [0, 0.1) is 5.92 Å². The van der Waals surface area contributed by atoms with Crippen LogP contribution in [0.2, 0.25) is 0 Å². The lowest BCUT2D eigenvalue weighted by atomic mass is 10.0. The Balaban J connectivity index is 2.27. The van der Waals surface area contributed by atoms with Crippen LogP contribution in [-0.2, 0) is 10.0 Å². The average molecular weight is 234 g/mol. The topological polar surface area (TPSA) is 58.2 Å². The lowest BCUT2D eigenvalue weighted by Gasteiger charge is -2.22. The molecular formula is C10H22N2O2S. The Morgan fingerprint density at radius 3 is 2.60 bits per heavy atom. The van der Waals surface area contributed by atoms with Gasteiger partial charge < -0.3 is 5.32 Å². The van der Waals surface area contributed by atoms with Gasteiger partial charge in [0.15, 0.2) is 0 Å². The van der Waals surface area contributed by atoms with Gasteiger partial charge in [0.2, 0.25) is 10.0 Å². The summed E-state index contributed by atoms with van der Waals surface area (Å²) in [5.41, 5.74) is 0. The van der Waals surface area contributed by atoms with E-state index in [2.05, 4.69) is 17.0 Å². The number of sulfonamides is 1. The van der Waals surface area contributed by atoms with Crippen molar-refractivity contribution >= 4 is 10.0 Å². The first-order chi connectivity index (χ1) is 7.14. The Kier molecular flexibility index (Phi) is 5.56. The fourth-order valence-corrected chi connectivity index (χ4v) is 3.35. The Morgan fingerprint density at radius 2 is 2.00 bits per heavy atom. The van der Waals surface area contributed by atoms with E-state index in [0.717, 1.165) is 38.8 Å². The molecule has 1 fully saturated rings. The van der Waals surface area contributed by atoms with E-state index in [-0.39, 0.29) is 0 Å². The predicted octanol–water partition coefficient (Wildman–Crippen LogP) is 0.706. The van der Waals surface area contributed by atoms with Crippen molar-refractivity contribution in [2.45, 2.75) is 32.6 Å². The monoisotopic (exact) mass is 234 g/mol. The van der Waals surface area contributed by atoms with E-state index in [1.165, 1.54) is 0 Å². The summed E-state index contributed by atoms with van der Waals surface area (Å²) < 4.78 is 25.9.